The van der Waals surface area contributed by atoms with Gasteiger partial charge in [-0.3, -0.25) is 9.59 Å². The first-order valence-corrected chi connectivity index (χ1v) is 8.65. The third-order valence-electron chi connectivity index (χ3n) is 4.22. The van der Waals surface area contributed by atoms with Gasteiger partial charge < -0.3 is 19.7 Å². The molecule has 3 rings (SSSR count). The zero-order chi connectivity index (χ0) is 18.5. The van der Waals surface area contributed by atoms with Crippen molar-refractivity contribution in [3.8, 4) is 11.5 Å². The van der Waals surface area contributed by atoms with Gasteiger partial charge in [0.2, 0.25) is 6.79 Å². The summed E-state index contributed by atoms with van der Waals surface area (Å²) >= 11 is 0. The monoisotopic (exact) mass is 354 g/mol. The van der Waals surface area contributed by atoms with E-state index in [0.717, 1.165) is 19.4 Å². The summed E-state index contributed by atoms with van der Waals surface area (Å²) in [5.74, 6) is 0.986. The van der Waals surface area contributed by atoms with Crippen molar-refractivity contribution in [2.24, 2.45) is 0 Å². The smallest absolute Gasteiger partial charge is 0.255 e. The molecule has 0 saturated carbocycles. The Kier molecular flexibility index (Phi) is 5.41. The van der Waals surface area contributed by atoms with Crippen LogP contribution in [0.4, 0.5) is 5.69 Å². The van der Waals surface area contributed by atoms with Crippen molar-refractivity contribution in [3.63, 3.8) is 0 Å². The summed E-state index contributed by atoms with van der Waals surface area (Å²) in [6, 6.07) is 11.9. The molecular formula is C20H22N2O4. The topological polar surface area (TPSA) is 67.9 Å². The fraction of sp³-hybridized carbons (Fsp3) is 0.300. The van der Waals surface area contributed by atoms with Gasteiger partial charge in [-0.05, 0) is 42.8 Å². The fourth-order valence-electron chi connectivity index (χ4n) is 2.66. The molecule has 0 fully saturated rings. The molecule has 6 heteroatoms. The summed E-state index contributed by atoms with van der Waals surface area (Å²) in [7, 11) is 1.79. The molecule has 1 N–H and O–H groups in total. The van der Waals surface area contributed by atoms with Gasteiger partial charge in [-0.1, -0.05) is 13.3 Å². The summed E-state index contributed by atoms with van der Waals surface area (Å²) in [5, 5.41) is 2.82. The minimum absolute atomic E-state index is 0.0406. The summed E-state index contributed by atoms with van der Waals surface area (Å²) in [4.78, 5) is 26.4. The lowest BCUT2D eigenvalue weighted by Crippen LogP contribution is -2.27. The molecule has 0 radical (unpaired) electrons. The first-order valence-electron chi connectivity index (χ1n) is 8.65. The predicted molar refractivity (Wildman–Crippen MR) is 98.8 cm³/mol. The zero-order valence-electron chi connectivity index (χ0n) is 15.0. The second-order valence-electron chi connectivity index (χ2n) is 6.18. The Morgan fingerprint density at radius 2 is 1.73 bits per heavy atom. The number of unbranched alkanes of at least 4 members (excludes halogenated alkanes) is 1. The van der Waals surface area contributed by atoms with E-state index in [-0.39, 0.29) is 18.6 Å². The van der Waals surface area contributed by atoms with Crippen LogP contribution < -0.4 is 14.8 Å². The van der Waals surface area contributed by atoms with Crippen molar-refractivity contribution >= 4 is 17.5 Å². The Balaban J connectivity index is 1.64. The highest BCUT2D eigenvalue weighted by molar-refractivity contribution is 6.05. The molecule has 136 valence electrons. The number of ether oxygens (including phenoxy) is 2. The Bertz CT molecular complexity index is 802. The molecule has 1 heterocycles. The van der Waals surface area contributed by atoms with Crippen molar-refractivity contribution in [2.75, 3.05) is 25.7 Å². The minimum atomic E-state index is -0.248. The lowest BCUT2D eigenvalue weighted by Gasteiger charge is -2.16. The van der Waals surface area contributed by atoms with Crippen molar-refractivity contribution in [2.45, 2.75) is 19.8 Å². The second kappa shape index (κ2) is 7.91. The van der Waals surface area contributed by atoms with E-state index in [0.29, 0.717) is 28.3 Å². The van der Waals surface area contributed by atoms with Gasteiger partial charge in [0.25, 0.3) is 11.8 Å². The normalized spacial score (nSPS) is 11.9. The number of carbonyl (C=O) groups is 2. The molecule has 2 aromatic rings. The Morgan fingerprint density at radius 1 is 1.04 bits per heavy atom. The van der Waals surface area contributed by atoms with Crippen LogP contribution in [0.25, 0.3) is 0 Å². The van der Waals surface area contributed by atoms with E-state index in [1.54, 1.807) is 54.4 Å². The lowest BCUT2D eigenvalue weighted by molar-refractivity contribution is 0.0792. The van der Waals surface area contributed by atoms with Gasteiger partial charge in [0.1, 0.15) is 0 Å². The molecule has 0 unspecified atom stereocenters. The van der Waals surface area contributed by atoms with Gasteiger partial charge in [-0.25, -0.2) is 0 Å². The largest absolute Gasteiger partial charge is 0.454 e. The Morgan fingerprint density at radius 3 is 2.46 bits per heavy atom. The number of amides is 2. The maximum Gasteiger partial charge on any atom is 0.255 e. The molecule has 0 spiro atoms. The molecule has 6 nitrogen and oxygen atoms in total. The SMILES string of the molecule is CCCCN(C)C(=O)c1ccc(C(=O)Nc2ccc3c(c2)OCO3)cc1. The van der Waals surface area contributed by atoms with Gasteiger partial charge in [0, 0.05) is 36.5 Å². The van der Waals surface area contributed by atoms with Crippen LogP contribution in [0.1, 0.15) is 40.5 Å². The molecule has 1 aliphatic rings. The highest BCUT2D eigenvalue weighted by Crippen LogP contribution is 2.34. The summed E-state index contributed by atoms with van der Waals surface area (Å²) in [6.45, 7) is 3.00. The zero-order valence-corrected chi connectivity index (χ0v) is 15.0. The third kappa shape index (κ3) is 3.96. The number of fused-ring (bicyclic) bond motifs is 1. The molecule has 0 bridgehead atoms. The maximum absolute atomic E-state index is 12.4. The van der Waals surface area contributed by atoms with E-state index in [1.165, 1.54) is 0 Å². The van der Waals surface area contributed by atoms with Crippen molar-refractivity contribution in [3.05, 3.63) is 53.6 Å². The van der Waals surface area contributed by atoms with Gasteiger partial charge in [-0.2, -0.15) is 0 Å². The number of hydrogen-bond donors (Lipinski definition) is 1. The molecule has 2 amide bonds. The second-order valence-corrected chi connectivity index (χ2v) is 6.18. The van der Waals surface area contributed by atoms with E-state index >= 15 is 0 Å². The van der Waals surface area contributed by atoms with E-state index in [2.05, 4.69) is 12.2 Å². The minimum Gasteiger partial charge on any atom is -0.454 e. The number of benzene rings is 2. The molecule has 0 saturated heterocycles. The lowest BCUT2D eigenvalue weighted by atomic mass is 10.1. The van der Waals surface area contributed by atoms with Crippen LogP contribution in [0.2, 0.25) is 0 Å². The van der Waals surface area contributed by atoms with Gasteiger partial charge in [0.05, 0.1) is 0 Å². The van der Waals surface area contributed by atoms with Crippen molar-refractivity contribution in [1.29, 1.82) is 0 Å². The Hall–Kier alpha value is -3.02. The standard InChI is InChI=1S/C20H22N2O4/c1-3-4-11-22(2)20(24)15-7-5-14(6-8-15)19(23)21-16-9-10-17-18(12-16)26-13-25-17/h5-10,12H,3-4,11,13H2,1-2H3,(H,21,23). The first kappa shape index (κ1) is 17.8. The van der Waals surface area contributed by atoms with Crippen LogP contribution in [0.15, 0.2) is 42.5 Å². The van der Waals surface area contributed by atoms with Crippen LogP contribution in [0.3, 0.4) is 0 Å². The summed E-state index contributed by atoms with van der Waals surface area (Å²) in [5.41, 5.74) is 1.68. The van der Waals surface area contributed by atoms with Gasteiger partial charge in [-0.15, -0.1) is 0 Å². The van der Waals surface area contributed by atoms with Gasteiger partial charge in [0.15, 0.2) is 11.5 Å². The van der Waals surface area contributed by atoms with Crippen LogP contribution in [0.5, 0.6) is 11.5 Å². The fourth-order valence-corrected chi connectivity index (χ4v) is 2.66. The predicted octanol–water partition coefficient (Wildman–Crippen LogP) is 3.54. The summed E-state index contributed by atoms with van der Waals surface area (Å²) < 4.78 is 10.6. The van der Waals surface area contributed by atoms with E-state index in [1.807, 2.05) is 0 Å². The molecule has 0 aliphatic carbocycles. The Labute approximate surface area is 152 Å². The number of nitrogens with zero attached hydrogens (tertiary/aromatic N) is 1. The molecule has 1 aliphatic heterocycles. The average Bonchev–Trinajstić information content (AvgIpc) is 3.13. The number of hydrogen-bond acceptors (Lipinski definition) is 4. The van der Waals surface area contributed by atoms with E-state index < -0.39 is 0 Å². The van der Waals surface area contributed by atoms with E-state index in [9.17, 15) is 9.59 Å². The molecular weight excluding hydrogens is 332 g/mol. The van der Waals surface area contributed by atoms with Crippen LogP contribution in [-0.2, 0) is 0 Å². The molecule has 26 heavy (non-hydrogen) atoms. The highest BCUT2D eigenvalue weighted by atomic mass is 16.7. The number of nitrogens with one attached hydrogen (secondary N) is 1. The molecule has 0 atom stereocenters. The quantitative estimate of drug-likeness (QED) is 0.861. The first-order chi connectivity index (χ1) is 12.6. The number of carbonyl (C=O) groups excluding carboxylic acids is 2. The van der Waals surface area contributed by atoms with Crippen molar-refractivity contribution in [1.82, 2.24) is 4.90 Å². The molecule has 0 aromatic heterocycles. The van der Waals surface area contributed by atoms with Crippen LogP contribution in [0, 0.1) is 0 Å². The summed E-state index contributed by atoms with van der Waals surface area (Å²) in [6.07, 6.45) is 2.01. The highest BCUT2D eigenvalue weighted by Gasteiger charge is 2.15. The number of rotatable bonds is 6. The maximum atomic E-state index is 12.4. The number of anilines is 1. The van der Waals surface area contributed by atoms with Gasteiger partial charge >= 0.3 is 0 Å². The average molecular weight is 354 g/mol. The van der Waals surface area contributed by atoms with Crippen LogP contribution >= 0.6 is 0 Å². The van der Waals surface area contributed by atoms with Crippen molar-refractivity contribution < 1.29 is 19.1 Å². The third-order valence-corrected chi connectivity index (χ3v) is 4.22. The molecule has 2 aromatic carbocycles. The van der Waals surface area contributed by atoms with E-state index in [4.69, 9.17) is 9.47 Å². The van der Waals surface area contributed by atoms with Crippen LogP contribution in [-0.4, -0.2) is 37.1 Å².